The summed E-state index contributed by atoms with van der Waals surface area (Å²) in [6.45, 7) is 1.91. The molecule has 0 N–H and O–H groups in total. The van der Waals surface area contributed by atoms with E-state index in [0.29, 0.717) is 6.42 Å². The minimum Gasteiger partial charge on any atom is -0.423 e. The van der Waals surface area contributed by atoms with Crippen molar-refractivity contribution >= 4 is 81.5 Å². The van der Waals surface area contributed by atoms with Crippen molar-refractivity contribution in [1.82, 2.24) is 0 Å². The first-order valence-corrected chi connectivity index (χ1v) is 10.6. The number of esters is 2. The second-order valence-corrected chi connectivity index (χ2v) is 8.44. The summed E-state index contributed by atoms with van der Waals surface area (Å²) in [5.74, 6) is -3.20. The van der Waals surface area contributed by atoms with Crippen LogP contribution in [0.3, 0.4) is 0 Å². The Morgan fingerprint density at radius 1 is 0.759 bits per heavy atom. The lowest BCUT2D eigenvalue weighted by atomic mass is 10.0. The third-order valence-electron chi connectivity index (χ3n) is 3.75. The molecule has 0 bridgehead atoms. The number of rotatable bonds is 7. The predicted molar refractivity (Wildman–Crippen MR) is 117 cm³/mol. The van der Waals surface area contributed by atoms with E-state index in [0.717, 1.165) is 6.42 Å². The quantitative estimate of drug-likeness (QED) is 0.212. The highest BCUT2D eigenvalue weighted by molar-refractivity contribution is 6.41. The number of hydrogen-bond donors (Lipinski definition) is 0. The van der Waals surface area contributed by atoms with Crippen LogP contribution >= 0.6 is 69.6 Å². The van der Waals surface area contributed by atoms with Gasteiger partial charge < -0.3 is 9.47 Å². The second kappa shape index (κ2) is 10.9. The van der Waals surface area contributed by atoms with Crippen molar-refractivity contribution in [2.75, 3.05) is 0 Å². The van der Waals surface area contributed by atoms with Gasteiger partial charge in [0.05, 0.1) is 20.1 Å². The molecule has 4 nitrogen and oxygen atoms in total. The summed E-state index contributed by atoms with van der Waals surface area (Å²) in [5.41, 5.74) is 0. The van der Waals surface area contributed by atoms with Crippen molar-refractivity contribution in [1.29, 1.82) is 0 Å². The van der Waals surface area contributed by atoms with Crippen LogP contribution in [0.15, 0.2) is 24.3 Å². The smallest absolute Gasteiger partial charge is 0.325 e. The first-order chi connectivity index (χ1) is 13.6. The second-order valence-electron chi connectivity index (χ2n) is 5.93. The Morgan fingerprint density at radius 3 is 1.41 bits per heavy atom. The Morgan fingerprint density at radius 2 is 1.10 bits per heavy atom. The fraction of sp³-hybridized carbons (Fsp3) is 0.263. The van der Waals surface area contributed by atoms with Gasteiger partial charge in [0.25, 0.3) is 0 Å². The van der Waals surface area contributed by atoms with E-state index in [1.165, 1.54) is 24.3 Å². The Labute approximate surface area is 197 Å². The van der Waals surface area contributed by atoms with Crippen LogP contribution in [0.5, 0.6) is 11.5 Å². The molecule has 0 unspecified atom stereocenters. The third kappa shape index (κ3) is 6.55. The van der Waals surface area contributed by atoms with Gasteiger partial charge in [-0.15, -0.1) is 0 Å². The molecule has 0 fully saturated rings. The number of hydrogen-bond acceptors (Lipinski definition) is 4. The molecule has 0 aliphatic carbocycles. The zero-order chi connectivity index (χ0) is 21.7. The van der Waals surface area contributed by atoms with Crippen LogP contribution < -0.4 is 9.47 Å². The van der Waals surface area contributed by atoms with Crippen molar-refractivity contribution in [3.63, 3.8) is 0 Å². The lowest BCUT2D eigenvalue weighted by molar-refractivity contribution is -0.151. The van der Waals surface area contributed by atoms with Crippen LogP contribution in [-0.2, 0) is 9.59 Å². The van der Waals surface area contributed by atoms with Gasteiger partial charge in [0.1, 0.15) is 0 Å². The van der Waals surface area contributed by atoms with Gasteiger partial charge in [-0.25, -0.2) is 0 Å². The molecule has 0 heterocycles. The van der Waals surface area contributed by atoms with Gasteiger partial charge in [0, 0.05) is 10.0 Å². The number of carbonyl (C=O) groups excluding carboxylic acids is 2. The maximum Gasteiger partial charge on any atom is 0.325 e. The van der Waals surface area contributed by atoms with Gasteiger partial charge in [-0.2, -0.15) is 0 Å². The molecule has 29 heavy (non-hydrogen) atoms. The van der Waals surface area contributed by atoms with Crippen LogP contribution in [0.1, 0.15) is 26.2 Å². The maximum absolute atomic E-state index is 12.7. The van der Waals surface area contributed by atoms with Crippen molar-refractivity contribution in [2.24, 2.45) is 5.92 Å². The van der Waals surface area contributed by atoms with Gasteiger partial charge in [-0.05, 0) is 30.7 Å². The van der Waals surface area contributed by atoms with E-state index >= 15 is 0 Å². The number of carbonyl (C=O) groups is 2. The van der Waals surface area contributed by atoms with Crippen LogP contribution in [-0.4, -0.2) is 11.9 Å². The summed E-state index contributed by atoms with van der Waals surface area (Å²) in [6.07, 6.45) is 1.49. The van der Waals surface area contributed by atoms with Crippen molar-refractivity contribution in [3.8, 4) is 11.5 Å². The topological polar surface area (TPSA) is 52.6 Å². The first-order valence-electron chi connectivity index (χ1n) is 8.36. The molecule has 0 atom stereocenters. The molecule has 0 amide bonds. The van der Waals surface area contributed by atoms with Crippen LogP contribution in [0, 0.1) is 5.92 Å². The van der Waals surface area contributed by atoms with Crippen molar-refractivity contribution < 1.29 is 19.1 Å². The summed E-state index contributed by atoms with van der Waals surface area (Å²) in [7, 11) is 0. The highest BCUT2D eigenvalue weighted by Gasteiger charge is 2.32. The van der Waals surface area contributed by atoms with E-state index in [1.54, 1.807) is 0 Å². The van der Waals surface area contributed by atoms with Crippen LogP contribution in [0.25, 0.3) is 0 Å². The lowest BCUT2D eigenvalue weighted by Gasteiger charge is -2.17. The molecule has 0 saturated heterocycles. The molecule has 2 rings (SSSR count). The fourth-order valence-corrected chi connectivity index (χ4v) is 4.12. The summed E-state index contributed by atoms with van der Waals surface area (Å²) in [6, 6.07) is 5.46. The van der Waals surface area contributed by atoms with Crippen molar-refractivity contribution in [3.05, 3.63) is 54.4 Å². The average molecular weight is 519 g/mol. The minimum absolute atomic E-state index is 0.0299. The molecule has 2 aromatic carbocycles. The highest BCUT2D eigenvalue weighted by atomic mass is 35.5. The molecule has 0 spiro atoms. The van der Waals surface area contributed by atoms with Gasteiger partial charge in [0.2, 0.25) is 0 Å². The molecule has 10 heteroatoms. The normalized spacial score (nSPS) is 10.9. The zero-order valence-corrected chi connectivity index (χ0v) is 19.4. The molecule has 156 valence electrons. The van der Waals surface area contributed by atoms with Gasteiger partial charge in [-0.3, -0.25) is 9.59 Å². The highest BCUT2D eigenvalue weighted by Crippen LogP contribution is 2.38. The van der Waals surface area contributed by atoms with E-state index in [1.807, 2.05) is 6.92 Å². The zero-order valence-electron chi connectivity index (χ0n) is 14.9. The number of unbranched alkanes of at least 4 members (excludes halogenated alkanes) is 1. The maximum atomic E-state index is 12.7. The SMILES string of the molecule is CCCCC(C(=O)Oc1c(Cl)cc(Cl)cc1Cl)C(=O)Oc1c(Cl)cc(Cl)cc1Cl. The largest absolute Gasteiger partial charge is 0.423 e. The van der Waals surface area contributed by atoms with Gasteiger partial charge in [0.15, 0.2) is 17.4 Å². The number of ether oxygens (including phenoxy) is 2. The van der Waals surface area contributed by atoms with E-state index < -0.39 is 17.9 Å². The van der Waals surface area contributed by atoms with E-state index in [9.17, 15) is 9.59 Å². The van der Waals surface area contributed by atoms with Crippen LogP contribution in [0.4, 0.5) is 0 Å². The molecule has 0 aliphatic heterocycles. The van der Waals surface area contributed by atoms with E-state index in [2.05, 4.69) is 0 Å². The Hall–Kier alpha value is -0.880. The molecule has 0 radical (unpaired) electrons. The van der Waals surface area contributed by atoms with E-state index in [4.69, 9.17) is 79.1 Å². The van der Waals surface area contributed by atoms with Gasteiger partial charge in [-0.1, -0.05) is 89.4 Å². The molecule has 0 saturated carbocycles. The molecular weight excluding hydrogens is 505 g/mol. The van der Waals surface area contributed by atoms with Crippen molar-refractivity contribution in [2.45, 2.75) is 26.2 Å². The predicted octanol–water partition coefficient (Wildman–Crippen LogP) is 7.92. The lowest BCUT2D eigenvalue weighted by Crippen LogP contribution is -2.32. The fourth-order valence-electron chi connectivity index (χ4n) is 2.34. The Kier molecular flexibility index (Phi) is 9.20. The summed E-state index contributed by atoms with van der Waals surface area (Å²) in [4.78, 5) is 25.4. The van der Waals surface area contributed by atoms with Gasteiger partial charge >= 0.3 is 11.9 Å². The minimum atomic E-state index is -1.25. The molecular formula is C19H14Cl6O4. The average Bonchev–Trinajstić information content (AvgIpc) is 2.61. The number of halogens is 6. The Balaban J connectivity index is 2.26. The third-order valence-corrected chi connectivity index (χ3v) is 5.31. The summed E-state index contributed by atoms with van der Waals surface area (Å²) >= 11 is 35.9. The monoisotopic (exact) mass is 516 g/mol. The summed E-state index contributed by atoms with van der Waals surface area (Å²) < 4.78 is 10.6. The number of benzene rings is 2. The standard InChI is InChI=1S/C19H14Cl6O4/c1-2-3-4-11(18(26)28-16-12(22)5-9(20)6-13(16)23)19(27)29-17-14(24)7-10(21)8-15(17)25/h5-8,11H,2-4H2,1H3. The molecule has 0 aliphatic rings. The molecule has 2 aromatic rings. The van der Waals surface area contributed by atoms with E-state index in [-0.39, 0.29) is 48.1 Å². The first kappa shape index (κ1) is 24.4. The summed E-state index contributed by atoms with van der Waals surface area (Å²) in [5, 5.41) is 0.663. The Bertz CT molecular complexity index is 813. The van der Waals surface area contributed by atoms with Crippen LogP contribution in [0.2, 0.25) is 30.1 Å². The molecule has 0 aromatic heterocycles.